The number of thioether (sulfide) groups is 1. The molecule has 0 aliphatic heterocycles. The van der Waals surface area contributed by atoms with Gasteiger partial charge in [-0.25, -0.2) is 8.78 Å². The van der Waals surface area contributed by atoms with Gasteiger partial charge in [-0.3, -0.25) is 4.79 Å². The number of rotatable bonds is 5. The van der Waals surface area contributed by atoms with Crippen LogP contribution in [-0.4, -0.2) is 21.9 Å². The van der Waals surface area contributed by atoms with E-state index in [1.54, 1.807) is 0 Å². The standard InChI is InChI=1S/C18H10ClF2N3O2S2/c19-15-10-3-1-2-4-13(10)28-16(15)17-23-24-18(26-17)27-8-14(25)22-9-5-6-11(20)12(21)7-9/h1-7H,8H2,(H,22,25). The number of halogens is 3. The van der Waals surface area contributed by atoms with Gasteiger partial charge in [0, 0.05) is 21.8 Å². The van der Waals surface area contributed by atoms with Crippen LogP contribution in [0.1, 0.15) is 0 Å². The van der Waals surface area contributed by atoms with Gasteiger partial charge in [0.15, 0.2) is 11.6 Å². The lowest BCUT2D eigenvalue weighted by Gasteiger charge is -2.04. The summed E-state index contributed by atoms with van der Waals surface area (Å²) in [7, 11) is 0. The van der Waals surface area contributed by atoms with Crippen molar-refractivity contribution in [3.05, 3.63) is 59.1 Å². The van der Waals surface area contributed by atoms with Crippen LogP contribution in [0.2, 0.25) is 5.02 Å². The van der Waals surface area contributed by atoms with Gasteiger partial charge < -0.3 is 9.73 Å². The molecule has 0 atom stereocenters. The predicted molar refractivity (Wildman–Crippen MR) is 106 cm³/mol. The third kappa shape index (κ3) is 3.87. The molecule has 0 saturated carbocycles. The number of aromatic nitrogens is 2. The second-order valence-electron chi connectivity index (χ2n) is 5.58. The number of amides is 1. The van der Waals surface area contributed by atoms with Crippen LogP contribution >= 0.6 is 34.7 Å². The summed E-state index contributed by atoms with van der Waals surface area (Å²) in [5, 5.41) is 12.0. The van der Waals surface area contributed by atoms with Crippen molar-refractivity contribution in [2.45, 2.75) is 5.22 Å². The summed E-state index contributed by atoms with van der Waals surface area (Å²) in [5.74, 6) is -2.20. The molecule has 0 bridgehead atoms. The number of hydrogen-bond donors (Lipinski definition) is 1. The zero-order valence-corrected chi connectivity index (χ0v) is 16.3. The minimum atomic E-state index is -1.03. The Bertz CT molecular complexity index is 1180. The van der Waals surface area contributed by atoms with Crippen LogP contribution in [0.15, 0.2) is 52.1 Å². The SMILES string of the molecule is O=C(CSc1nnc(-c2sc3ccccc3c2Cl)o1)Nc1ccc(F)c(F)c1. The molecule has 0 saturated heterocycles. The zero-order valence-electron chi connectivity index (χ0n) is 13.9. The molecule has 142 valence electrons. The molecule has 0 aliphatic carbocycles. The molecular formula is C18H10ClF2N3O2S2. The van der Waals surface area contributed by atoms with Crippen molar-refractivity contribution < 1.29 is 18.0 Å². The first-order valence-electron chi connectivity index (χ1n) is 7.90. The van der Waals surface area contributed by atoms with E-state index in [0.29, 0.717) is 9.90 Å². The molecule has 2 aromatic heterocycles. The van der Waals surface area contributed by atoms with Gasteiger partial charge in [-0.2, -0.15) is 0 Å². The van der Waals surface area contributed by atoms with Crippen molar-refractivity contribution in [1.82, 2.24) is 10.2 Å². The van der Waals surface area contributed by atoms with Gasteiger partial charge in [0.2, 0.25) is 5.91 Å². The number of benzene rings is 2. The molecule has 4 rings (SSSR count). The van der Waals surface area contributed by atoms with Gasteiger partial charge in [-0.15, -0.1) is 21.5 Å². The number of anilines is 1. The number of carbonyl (C=O) groups excluding carboxylic acids is 1. The monoisotopic (exact) mass is 437 g/mol. The fraction of sp³-hybridized carbons (Fsp3) is 0.0556. The first-order chi connectivity index (χ1) is 13.5. The normalized spacial score (nSPS) is 11.1. The van der Waals surface area contributed by atoms with Crippen molar-refractivity contribution in [3.63, 3.8) is 0 Å². The highest BCUT2D eigenvalue weighted by Crippen LogP contribution is 2.41. The van der Waals surface area contributed by atoms with Gasteiger partial charge in [0.05, 0.1) is 10.8 Å². The van der Waals surface area contributed by atoms with Crippen LogP contribution in [0, 0.1) is 11.6 Å². The maximum Gasteiger partial charge on any atom is 0.277 e. The van der Waals surface area contributed by atoms with Crippen LogP contribution in [0.25, 0.3) is 20.9 Å². The highest BCUT2D eigenvalue weighted by molar-refractivity contribution is 7.99. The summed E-state index contributed by atoms with van der Waals surface area (Å²) in [4.78, 5) is 12.6. The number of carbonyl (C=O) groups is 1. The number of nitrogens with zero attached hydrogens (tertiary/aromatic N) is 2. The zero-order chi connectivity index (χ0) is 19.7. The Kier molecular flexibility index (Phi) is 5.29. The molecule has 1 amide bonds. The molecule has 0 aliphatic rings. The Morgan fingerprint density at radius 3 is 2.79 bits per heavy atom. The number of hydrogen-bond acceptors (Lipinski definition) is 6. The first kappa shape index (κ1) is 18.9. The molecule has 2 heterocycles. The van der Waals surface area contributed by atoms with E-state index in [1.165, 1.54) is 17.4 Å². The Morgan fingerprint density at radius 2 is 2.00 bits per heavy atom. The number of fused-ring (bicyclic) bond motifs is 1. The van der Waals surface area contributed by atoms with Gasteiger partial charge in [0.1, 0.15) is 4.88 Å². The summed E-state index contributed by atoms with van der Waals surface area (Å²) in [6.45, 7) is 0. The van der Waals surface area contributed by atoms with Crippen molar-refractivity contribution >= 4 is 56.4 Å². The summed E-state index contributed by atoms with van der Waals surface area (Å²) < 4.78 is 32.7. The molecule has 0 radical (unpaired) electrons. The van der Waals surface area contributed by atoms with Crippen LogP contribution in [-0.2, 0) is 4.79 Å². The van der Waals surface area contributed by atoms with Crippen molar-refractivity contribution in [1.29, 1.82) is 0 Å². The smallest absolute Gasteiger partial charge is 0.277 e. The van der Waals surface area contributed by atoms with Crippen molar-refractivity contribution in [3.8, 4) is 10.8 Å². The highest BCUT2D eigenvalue weighted by atomic mass is 35.5. The maximum atomic E-state index is 13.2. The second-order valence-corrected chi connectivity index (χ2v) is 7.94. The molecule has 0 spiro atoms. The van der Waals surface area contributed by atoms with E-state index in [4.69, 9.17) is 16.0 Å². The molecule has 5 nitrogen and oxygen atoms in total. The van der Waals surface area contributed by atoms with Gasteiger partial charge in [0.25, 0.3) is 11.1 Å². The van der Waals surface area contributed by atoms with Crippen molar-refractivity contribution in [2.24, 2.45) is 0 Å². The quantitative estimate of drug-likeness (QED) is 0.411. The molecule has 2 aromatic carbocycles. The lowest BCUT2D eigenvalue weighted by molar-refractivity contribution is -0.113. The van der Waals surface area contributed by atoms with E-state index in [9.17, 15) is 13.6 Å². The van der Waals surface area contributed by atoms with E-state index in [0.717, 1.165) is 34.0 Å². The van der Waals surface area contributed by atoms with E-state index in [2.05, 4.69) is 15.5 Å². The highest BCUT2D eigenvalue weighted by Gasteiger charge is 2.18. The molecule has 10 heteroatoms. The van der Waals surface area contributed by atoms with Gasteiger partial charge in [-0.05, 0) is 18.2 Å². The van der Waals surface area contributed by atoms with Crippen LogP contribution in [0.4, 0.5) is 14.5 Å². The summed E-state index contributed by atoms with van der Waals surface area (Å²) in [6.07, 6.45) is 0. The molecule has 1 N–H and O–H groups in total. The minimum absolute atomic E-state index is 0.0409. The Morgan fingerprint density at radius 1 is 1.18 bits per heavy atom. The molecule has 0 unspecified atom stereocenters. The van der Waals surface area contributed by atoms with E-state index in [1.807, 2.05) is 24.3 Å². The Labute approximate surface area is 170 Å². The number of thiophene rings is 1. The molecular weight excluding hydrogens is 428 g/mol. The van der Waals surface area contributed by atoms with Crippen molar-refractivity contribution in [2.75, 3.05) is 11.1 Å². The van der Waals surface area contributed by atoms with E-state index < -0.39 is 17.5 Å². The minimum Gasteiger partial charge on any atom is -0.410 e. The van der Waals surface area contributed by atoms with E-state index in [-0.39, 0.29) is 22.6 Å². The second kappa shape index (κ2) is 7.86. The first-order valence-corrected chi connectivity index (χ1v) is 10.1. The average molecular weight is 438 g/mol. The third-order valence-electron chi connectivity index (χ3n) is 3.67. The Balaban J connectivity index is 1.42. The lowest BCUT2D eigenvalue weighted by Crippen LogP contribution is -2.14. The Hall–Kier alpha value is -2.49. The van der Waals surface area contributed by atoms with Gasteiger partial charge >= 0.3 is 0 Å². The summed E-state index contributed by atoms with van der Waals surface area (Å²) in [6, 6.07) is 10.8. The van der Waals surface area contributed by atoms with Crippen LogP contribution in [0.5, 0.6) is 0 Å². The predicted octanol–water partition coefficient (Wildman–Crippen LogP) is 5.61. The molecule has 0 fully saturated rings. The van der Waals surface area contributed by atoms with Gasteiger partial charge in [-0.1, -0.05) is 41.6 Å². The fourth-order valence-electron chi connectivity index (χ4n) is 2.41. The largest absolute Gasteiger partial charge is 0.410 e. The summed E-state index contributed by atoms with van der Waals surface area (Å²) in [5.41, 5.74) is 0.160. The fourth-order valence-corrected chi connectivity index (χ4v) is 4.41. The van der Waals surface area contributed by atoms with E-state index >= 15 is 0 Å². The lowest BCUT2D eigenvalue weighted by atomic mass is 10.2. The van der Waals surface area contributed by atoms with Crippen LogP contribution in [0.3, 0.4) is 0 Å². The number of nitrogens with one attached hydrogen (secondary N) is 1. The topological polar surface area (TPSA) is 68.0 Å². The molecule has 4 aromatic rings. The molecule has 28 heavy (non-hydrogen) atoms. The van der Waals surface area contributed by atoms with Crippen LogP contribution < -0.4 is 5.32 Å². The average Bonchev–Trinajstić information content (AvgIpc) is 3.28. The maximum absolute atomic E-state index is 13.2. The summed E-state index contributed by atoms with van der Waals surface area (Å²) >= 11 is 8.86. The third-order valence-corrected chi connectivity index (χ3v) is 6.15.